The highest BCUT2D eigenvalue weighted by Crippen LogP contribution is 2.32. The number of carbonyl (C=O) groups is 1. The van der Waals surface area contributed by atoms with Gasteiger partial charge < -0.3 is 10.2 Å². The molecule has 7 nitrogen and oxygen atoms in total. The van der Waals surface area contributed by atoms with Crippen LogP contribution in [0.1, 0.15) is 43.7 Å². The molecule has 1 aliphatic heterocycles. The van der Waals surface area contributed by atoms with E-state index in [4.69, 9.17) is 5.26 Å². The molecule has 128 valence electrons. The minimum absolute atomic E-state index is 0.0255. The number of nitrogens with one attached hydrogen (secondary N) is 1. The molecule has 1 heterocycles. The summed E-state index contributed by atoms with van der Waals surface area (Å²) >= 11 is 0. The molecule has 1 fully saturated rings. The summed E-state index contributed by atoms with van der Waals surface area (Å²) in [6, 6.07) is 5.16. The SMILES string of the molecule is CCCC(=O)NC1CCN(c2cc(C#N)cc([N+](=O)[O-])c2C)CC1. The number of hydrogen-bond donors (Lipinski definition) is 1. The number of rotatable bonds is 5. The zero-order valence-electron chi connectivity index (χ0n) is 14.0. The third kappa shape index (κ3) is 4.02. The van der Waals surface area contributed by atoms with Gasteiger partial charge in [-0.15, -0.1) is 0 Å². The number of nitro groups is 1. The van der Waals surface area contributed by atoms with Crippen LogP contribution in [0.4, 0.5) is 11.4 Å². The summed E-state index contributed by atoms with van der Waals surface area (Å²) < 4.78 is 0. The number of carbonyl (C=O) groups excluding carboxylic acids is 1. The van der Waals surface area contributed by atoms with E-state index in [0.717, 1.165) is 24.9 Å². The quantitative estimate of drug-likeness (QED) is 0.661. The van der Waals surface area contributed by atoms with Gasteiger partial charge in [0.25, 0.3) is 5.69 Å². The second kappa shape index (κ2) is 7.77. The van der Waals surface area contributed by atoms with Gasteiger partial charge in [0, 0.05) is 37.3 Å². The minimum atomic E-state index is -0.447. The number of anilines is 1. The molecule has 0 aromatic heterocycles. The Bertz CT molecular complexity index is 673. The second-order valence-electron chi connectivity index (χ2n) is 6.09. The summed E-state index contributed by atoms with van der Waals surface area (Å²) in [4.78, 5) is 24.5. The first-order chi connectivity index (χ1) is 11.5. The smallest absolute Gasteiger partial charge is 0.275 e. The van der Waals surface area contributed by atoms with Gasteiger partial charge in [-0.2, -0.15) is 5.26 Å². The fourth-order valence-corrected chi connectivity index (χ4v) is 3.06. The van der Waals surface area contributed by atoms with Crippen LogP contribution >= 0.6 is 0 Å². The normalized spacial score (nSPS) is 15.0. The Balaban J connectivity index is 2.12. The maximum Gasteiger partial charge on any atom is 0.275 e. The van der Waals surface area contributed by atoms with Crippen LogP contribution in [0.15, 0.2) is 12.1 Å². The van der Waals surface area contributed by atoms with Crippen LogP contribution in [0.2, 0.25) is 0 Å². The summed E-state index contributed by atoms with van der Waals surface area (Å²) in [5.41, 5.74) is 1.58. The highest BCUT2D eigenvalue weighted by molar-refractivity contribution is 5.76. The Hall–Kier alpha value is -2.62. The molecule has 1 aromatic carbocycles. The molecule has 7 heteroatoms. The summed E-state index contributed by atoms with van der Waals surface area (Å²) in [6.07, 6.45) is 2.95. The Morgan fingerprint density at radius 3 is 2.67 bits per heavy atom. The molecule has 0 bridgehead atoms. The molecule has 0 saturated carbocycles. The largest absolute Gasteiger partial charge is 0.371 e. The lowest BCUT2D eigenvalue weighted by Crippen LogP contribution is -2.44. The van der Waals surface area contributed by atoms with Crippen molar-refractivity contribution in [3.05, 3.63) is 33.4 Å². The first-order valence-electron chi connectivity index (χ1n) is 8.19. The van der Waals surface area contributed by atoms with Gasteiger partial charge in [0.05, 0.1) is 22.1 Å². The number of nitro benzene ring substituents is 1. The van der Waals surface area contributed by atoms with E-state index in [1.807, 2.05) is 13.0 Å². The molecule has 1 aromatic rings. The number of nitrogens with zero attached hydrogens (tertiary/aromatic N) is 3. The average Bonchev–Trinajstić information content (AvgIpc) is 2.56. The lowest BCUT2D eigenvalue weighted by Gasteiger charge is -2.34. The van der Waals surface area contributed by atoms with E-state index in [9.17, 15) is 14.9 Å². The van der Waals surface area contributed by atoms with E-state index in [0.29, 0.717) is 30.6 Å². The highest BCUT2D eigenvalue weighted by Gasteiger charge is 2.25. The Morgan fingerprint density at radius 2 is 2.12 bits per heavy atom. The number of piperidine rings is 1. The van der Waals surface area contributed by atoms with E-state index in [2.05, 4.69) is 10.2 Å². The standard InChI is InChI=1S/C17H22N4O3/c1-3-4-17(22)19-14-5-7-20(8-6-14)15-9-13(11-18)10-16(12(15)2)21(23)24/h9-10,14H,3-8H2,1-2H3,(H,19,22). The van der Waals surface area contributed by atoms with Crippen LogP contribution in [-0.4, -0.2) is 30.0 Å². The number of nitriles is 1. The fourth-order valence-electron chi connectivity index (χ4n) is 3.06. The van der Waals surface area contributed by atoms with Crippen molar-refractivity contribution in [3.63, 3.8) is 0 Å². The molecule has 0 radical (unpaired) electrons. The Labute approximate surface area is 141 Å². The van der Waals surface area contributed by atoms with Crippen LogP contribution < -0.4 is 10.2 Å². The van der Waals surface area contributed by atoms with Gasteiger partial charge in [-0.3, -0.25) is 14.9 Å². The molecule has 1 saturated heterocycles. The third-order valence-electron chi connectivity index (χ3n) is 4.36. The predicted molar refractivity (Wildman–Crippen MR) is 90.8 cm³/mol. The average molecular weight is 330 g/mol. The van der Waals surface area contributed by atoms with E-state index in [-0.39, 0.29) is 17.6 Å². The molecule has 2 rings (SSSR count). The number of hydrogen-bond acceptors (Lipinski definition) is 5. The van der Waals surface area contributed by atoms with Crippen LogP contribution in [0.25, 0.3) is 0 Å². The molecular weight excluding hydrogens is 308 g/mol. The van der Waals surface area contributed by atoms with Crippen molar-refractivity contribution in [3.8, 4) is 6.07 Å². The van der Waals surface area contributed by atoms with Gasteiger partial charge >= 0.3 is 0 Å². The van der Waals surface area contributed by atoms with Gasteiger partial charge in [0.1, 0.15) is 0 Å². The van der Waals surface area contributed by atoms with Gasteiger partial charge in [-0.25, -0.2) is 0 Å². The van der Waals surface area contributed by atoms with Crippen LogP contribution in [-0.2, 0) is 4.79 Å². The van der Waals surface area contributed by atoms with Crippen molar-refractivity contribution >= 4 is 17.3 Å². The monoisotopic (exact) mass is 330 g/mol. The summed E-state index contributed by atoms with van der Waals surface area (Å²) in [5, 5.41) is 23.3. The van der Waals surface area contributed by atoms with Gasteiger partial charge in [0.2, 0.25) is 5.91 Å². The van der Waals surface area contributed by atoms with Gasteiger partial charge in [0.15, 0.2) is 0 Å². The highest BCUT2D eigenvalue weighted by atomic mass is 16.6. The second-order valence-corrected chi connectivity index (χ2v) is 6.09. The maximum atomic E-state index is 11.7. The number of amides is 1. The Kier molecular flexibility index (Phi) is 5.74. The lowest BCUT2D eigenvalue weighted by atomic mass is 10.0. The zero-order chi connectivity index (χ0) is 17.7. The molecular formula is C17H22N4O3. The summed E-state index contributed by atoms with van der Waals surface area (Å²) in [6.45, 7) is 5.08. The van der Waals surface area contributed by atoms with Crippen molar-refractivity contribution in [2.24, 2.45) is 0 Å². The zero-order valence-corrected chi connectivity index (χ0v) is 14.0. The van der Waals surface area contributed by atoms with Gasteiger partial charge in [-0.1, -0.05) is 6.92 Å². The first kappa shape index (κ1) is 17.7. The number of benzene rings is 1. The summed E-state index contributed by atoms with van der Waals surface area (Å²) in [5.74, 6) is 0.0780. The third-order valence-corrected chi connectivity index (χ3v) is 4.36. The van der Waals surface area contributed by atoms with Crippen LogP contribution in [0.3, 0.4) is 0 Å². The van der Waals surface area contributed by atoms with Crippen molar-refractivity contribution in [2.75, 3.05) is 18.0 Å². The van der Waals surface area contributed by atoms with Crippen LogP contribution in [0.5, 0.6) is 0 Å². The minimum Gasteiger partial charge on any atom is -0.371 e. The molecule has 0 unspecified atom stereocenters. The molecule has 1 amide bonds. The maximum absolute atomic E-state index is 11.7. The molecule has 24 heavy (non-hydrogen) atoms. The molecule has 0 spiro atoms. The Morgan fingerprint density at radius 1 is 1.46 bits per heavy atom. The van der Waals surface area contributed by atoms with E-state index < -0.39 is 4.92 Å². The molecule has 0 aliphatic carbocycles. The van der Waals surface area contributed by atoms with Crippen molar-refractivity contribution in [2.45, 2.75) is 45.6 Å². The van der Waals surface area contributed by atoms with E-state index >= 15 is 0 Å². The summed E-state index contributed by atoms with van der Waals surface area (Å²) in [7, 11) is 0. The molecule has 1 N–H and O–H groups in total. The molecule has 0 atom stereocenters. The van der Waals surface area contributed by atoms with E-state index in [1.165, 1.54) is 6.07 Å². The van der Waals surface area contributed by atoms with Gasteiger partial charge in [-0.05, 0) is 32.3 Å². The fraction of sp³-hybridized carbons (Fsp3) is 0.529. The topological polar surface area (TPSA) is 99.3 Å². The predicted octanol–water partition coefficient (Wildman–Crippen LogP) is 2.66. The van der Waals surface area contributed by atoms with Crippen molar-refractivity contribution in [1.29, 1.82) is 5.26 Å². The molecule has 1 aliphatic rings. The first-order valence-corrected chi connectivity index (χ1v) is 8.19. The lowest BCUT2D eigenvalue weighted by molar-refractivity contribution is -0.385. The van der Waals surface area contributed by atoms with E-state index in [1.54, 1.807) is 13.0 Å². The van der Waals surface area contributed by atoms with Crippen molar-refractivity contribution in [1.82, 2.24) is 5.32 Å². The van der Waals surface area contributed by atoms with Crippen LogP contribution in [0, 0.1) is 28.4 Å². The van der Waals surface area contributed by atoms with Crippen molar-refractivity contribution < 1.29 is 9.72 Å².